The predicted molar refractivity (Wildman–Crippen MR) is 144 cm³/mol. The average Bonchev–Trinajstić information content (AvgIpc) is 3.08. The molecule has 0 radical (unpaired) electrons. The van der Waals surface area contributed by atoms with Gasteiger partial charge in [0, 0.05) is 19.7 Å². The highest BCUT2D eigenvalue weighted by Gasteiger charge is 2.52. The Morgan fingerprint density at radius 3 is 2.38 bits per heavy atom. The molecule has 2 aromatic rings. The molecule has 10 nitrogen and oxygen atoms in total. The molecule has 2 aliphatic rings. The van der Waals surface area contributed by atoms with Gasteiger partial charge in [0.2, 0.25) is 11.8 Å². The number of nitrogens with one attached hydrogen (secondary N) is 2. The van der Waals surface area contributed by atoms with Crippen LogP contribution in [-0.2, 0) is 15.9 Å². The molecule has 2 heterocycles. The van der Waals surface area contributed by atoms with Crippen molar-refractivity contribution >= 4 is 30.0 Å². The Kier molecular flexibility index (Phi) is 8.06. The molecule has 37 heavy (non-hydrogen) atoms. The van der Waals surface area contributed by atoms with E-state index in [4.69, 9.17) is 9.31 Å². The first kappa shape index (κ1) is 27.3. The van der Waals surface area contributed by atoms with Crippen LogP contribution in [0.4, 0.5) is 17.5 Å². The van der Waals surface area contributed by atoms with Gasteiger partial charge in [0.1, 0.15) is 6.20 Å². The van der Waals surface area contributed by atoms with Crippen LogP contribution < -0.4 is 16.1 Å². The Morgan fingerprint density at radius 1 is 1.11 bits per heavy atom. The van der Waals surface area contributed by atoms with Crippen molar-refractivity contribution in [1.82, 2.24) is 9.97 Å². The number of aliphatic hydroxyl groups is 1. The summed E-state index contributed by atoms with van der Waals surface area (Å²) in [6.45, 7) is 11.4. The van der Waals surface area contributed by atoms with Crippen LogP contribution in [0.2, 0.25) is 0 Å². The molecule has 1 saturated heterocycles. The second-order valence-corrected chi connectivity index (χ2v) is 11.2. The van der Waals surface area contributed by atoms with Crippen molar-refractivity contribution in [2.75, 3.05) is 23.8 Å². The fourth-order valence-electron chi connectivity index (χ4n) is 4.88. The van der Waals surface area contributed by atoms with E-state index >= 15 is 0 Å². The van der Waals surface area contributed by atoms with Gasteiger partial charge in [-0.15, -0.1) is 0 Å². The Bertz CT molecular complexity index is 1100. The van der Waals surface area contributed by atoms with Crippen LogP contribution in [0.15, 0.2) is 24.4 Å². The molecule has 1 saturated carbocycles. The lowest BCUT2D eigenvalue weighted by atomic mass is 9.75. The molecular formula is C26H38BN5O5. The minimum absolute atomic E-state index is 0.145. The van der Waals surface area contributed by atoms with E-state index in [1.807, 2.05) is 52.8 Å². The summed E-state index contributed by atoms with van der Waals surface area (Å²) in [7, 11) is -0.455. The summed E-state index contributed by atoms with van der Waals surface area (Å²) in [6, 6.07) is 6.00. The van der Waals surface area contributed by atoms with Crippen LogP contribution in [0.25, 0.3) is 0 Å². The number of aromatic nitrogens is 2. The molecule has 11 heteroatoms. The summed E-state index contributed by atoms with van der Waals surface area (Å²) < 4.78 is 12.5. The third kappa shape index (κ3) is 6.05. The third-order valence-corrected chi connectivity index (χ3v) is 8.18. The maximum absolute atomic E-state index is 11.6. The molecule has 1 aliphatic heterocycles. The number of hydrogen-bond acceptors (Lipinski definition) is 9. The zero-order valence-electron chi connectivity index (χ0n) is 22.4. The van der Waals surface area contributed by atoms with Gasteiger partial charge in [-0.1, -0.05) is 18.2 Å². The Balaban J connectivity index is 1.43. The fourth-order valence-corrected chi connectivity index (χ4v) is 4.88. The lowest BCUT2D eigenvalue weighted by molar-refractivity contribution is -0.384. The fraction of sp³-hybridized carbons (Fsp3) is 0.615. The second-order valence-electron chi connectivity index (χ2n) is 11.2. The summed E-state index contributed by atoms with van der Waals surface area (Å²) in [5, 5.41) is 27.3. The molecule has 0 atom stereocenters. The van der Waals surface area contributed by atoms with E-state index in [0.717, 1.165) is 42.3 Å². The van der Waals surface area contributed by atoms with Gasteiger partial charge in [-0.3, -0.25) is 10.1 Å². The monoisotopic (exact) mass is 511 g/mol. The zero-order valence-corrected chi connectivity index (χ0v) is 22.4. The highest BCUT2D eigenvalue weighted by molar-refractivity contribution is 6.62. The van der Waals surface area contributed by atoms with Crippen molar-refractivity contribution < 1.29 is 19.3 Å². The minimum atomic E-state index is -0.465. The van der Waals surface area contributed by atoms with E-state index in [9.17, 15) is 15.2 Å². The Hall–Kier alpha value is -2.76. The number of hydrogen-bond donors (Lipinski definition) is 3. The molecule has 0 unspecified atom stereocenters. The topological polar surface area (TPSA) is 132 Å². The molecular weight excluding hydrogens is 473 g/mol. The molecule has 1 aromatic carbocycles. The van der Waals surface area contributed by atoms with E-state index < -0.39 is 23.2 Å². The lowest BCUT2D eigenvalue weighted by Gasteiger charge is -2.32. The Labute approximate surface area is 218 Å². The van der Waals surface area contributed by atoms with E-state index in [-0.39, 0.29) is 18.1 Å². The largest absolute Gasteiger partial charge is 0.495 e. The molecule has 0 amide bonds. The second kappa shape index (κ2) is 10.9. The first-order chi connectivity index (χ1) is 17.5. The SMILES string of the molecule is Cc1c(CNc2ncc([N+](=O)[O-])c(NC[C@H]3CC[C@H](CO)CC3)n2)cccc1B1OC(C)(C)C(C)(C)O1. The van der Waals surface area contributed by atoms with E-state index in [1.54, 1.807) is 0 Å². The molecule has 2 fully saturated rings. The average molecular weight is 511 g/mol. The van der Waals surface area contributed by atoms with Crippen molar-refractivity contribution in [2.45, 2.75) is 78.0 Å². The van der Waals surface area contributed by atoms with E-state index in [1.165, 1.54) is 6.20 Å². The molecule has 4 rings (SSSR count). The van der Waals surface area contributed by atoms with Gasteiger partial charge >= 0.3 is 12.8 Å². The van der Waals surface area contributed by atoms with Crippen LogP contribution in [0, 0.1) is 28.9 Å². The van der Waals surface area contributed by atoms with Crippen molar-refractivity contribution in [3.63, 3.8) is 0 Å². The van der Waals surface area contributed by atoms with Gasteiger partial charge in [0.15, 0.2) is 0 Å². The Morgan fingerprint density at radius 2 is 1.76 bits per heavy atom. The number of nitro groups is 1. The number of nitrogens with zero attached hydrogens (tertiary/aromatic N) is 3. The van der Waals surface area contributed by atoms with Crippen molar-refractivity contribution in [3.05, 3.63) is 45.6 Å². The van der Waals surface area contributed by atoms with Crippen LogP contribution >= 0.6 is 0 Å². The summed E-state index contributed by atoms with van der Waals surface area (Å²) >= 11 is 0. The number of anilines is 2. The van der Waals surface area contributed by atoms with Crippen molar-refractivity contribution in [3.8, 4) is 0 Å². The van der Waals surface area contributed by atoms with Crippen LogP contribution in [0.5, 0.6) is 0 Å². The normalized spacial score (nSPS) is 22.6. The van der Waals surface area contributed by atoms with Crippen LogP contribution in [0.1, 0.15) is 64.5 Å². The summed E-state index contributed by atoms with van der Waals surface area (Å²) in [5.41, 5.74) is 2.06. The molecule has 3 N–H and O–H groups in total. The highest BCUT2D eigenvalue weighted by Crippen LogP contribution is 2.37. The molecule has 1 aliphatic carbocycles. The maximum atomic E-state index is 11.6. The summed E-state index contributed by atoms with van der Waals surface area (Å²) in [4.78, 5) is 19.7. The van der Waals surface area contributed by atoms with Gasteiger partial charge in [-0.25, -0.2) is 4.98 Å². The number of benzene rings is 1. The molecule has 200 valence electrons. The van der Waals surface area contributed by atoms with E-state index in [0.29, 0.717) is 30.9 Å². The molecule has 0 bridgehead atoms. The quantitative estimate of drug-likeness (QED) is 0.261. The van der Waals surface area contributed by atoms with Crippen molar-refractivity contribution in [1.29, 1.82) is 0 Å². The first-order valence-corrected chi connectivity index (χ1v) is 13.0. The number of rotatable bonds is 9. The van der Waals surface area contributed by atoms with Crippen molar-refractivity contribution in [2.24, 2.45) is 11.8 Å². The van der Waals surface area contributed by atoms with Crippen LogP contribution in [-0.4, -0.2) is 51.5 Å². The first-order valence-electron chi connectivity index (χ1n) is 13.0. The van der Waals surface area contributed by atoms with E-state index in [2.05, 4.69) is 20.6 Å². The molecule has 0 spiro atoms. The maximum Gasteiger partial charge on any atom is 0.495 e. The summed E-state index contributed by atoms with van der Waals surface area (Å²) in [6.07, 6.45) is 5.17. The number of aliphatic hydroxyl groups excluding tert-OH is 1. The van der Waals surface area contributed by atoms with Gasteiger partial charge in [-0.2, -0.15) is 4.98 Å². The summed E-state index contributed by atoms with van der Waals surface area (Å²) in [5.74, 6) is 1.30. The third-order valence-electron chi connectivity index (χ3n) is 8.18. The van der Waals surface area contributed by atoms with Gasteiger partial charge in [-0.05, 0) is 88.7 Å². The lowest BCUT2D eigenvalue weighted by Crippen LogP contribution is -2.41. The standard InChI is InChI=1S/C26H38BN5O5/c1-17-20(7-6-8-21(17)27-36-25(2,3)26(4,5)37-27)14-29-24-30-15-22(32(34)35)23(31-24)28-13-18-9-11-19(16-33)12-10-18/h6-8,15,18-19,33H,9-14,16H2,1-5H3,(H2,28,29,30,31)/t18-,19-. The highest BCUT2D eigenvalue weighted by atomic mass is 16.7. The van der Waals surface area contributed by atoms with Gasteiger partial charge in [0.25, 0.3) is 0 Å². The zero-order chi connectivity index (χ0) is 26.8. The smallest absolute Gasteiger partial charge is 0.399 e. The minimum Gasteiger partial charge on any atom is -0.399 e. The van der Waals surface area contributed by atoms with Crippen LogP contribution in [0.3, 0.4) is 0 Å². The predicted octanol–water partition coefficient (Wildman–Crippen LogP) is 3.82. The molecule has 1 aromatic heterocycles. The van der Waals surface area contributed by atoms with Gasteiger partial charge in [0.05, 0.1) is 16.1 Å². The van der Waals surface area contributed by atoms with Gasteiger partial charge < -0.3 is 25.0 Å².